The van der Waals surface area contributed by atoms with Crippen LogP contribution in [0.5, 0.6) is 5.75 Å². The Morgan fingerprint density at radius 3 is 2.76 bits per heavy atom. The SMILES string of the molecule is CN(C(=O)COc1ccccc1C(N)=S)C1CCOCC1. The summed E-state index contributed by atoms with van der Waals surface area (Å²) in [4.78, 5) is 14.2. The zero-order valence-corrected chi connectivity index (χ0v) is 12.9. The minimum Gasteiger partial charge on any atom is -0.483 e. The number of amides is 1. The lowest BCUT2D eigenvalue weighted by molar-refractivity contribution is -0.135. The van der Waals surface area contributed by atoms with Gasteiger partial charge in [0.2, 0.25) is 0 Å². The standard InChI is InChI=1S/C15H20N2O3S/c1-17(11-6-8-19-9-7-11)14(18)10-20-13-5-3-2-4-12(13)15(16)21/h2-5,11H,6-10H2,1H3,(H2,16,21). The van der Waals surface area contributed by atoms with Crippen LogP contribution in [0, 0.1) is 0 Å². The highest BCUT2D eigenvalue weighted by Gasteiger charge is 2.22. The zero-order valence-electron chi connectivity index (χ0n) is 12.1. The molecule has 1 fully saturated rings. The Morgan fingerprint density at radius 1 is 1.43 bits per heavy atom. The Kier molecular flexibility index (Phi) is 5.52. The normalized spacial score (nSPS) is 15.5. The quantitative estimate of drug-likeness (QED) is 0.832. The second kappa shape index (κ2) is 7.38. The van der Waals surface area contributed by atoms with Crippen LogP contribution >= 0.6 is 12.2 Å². The molecule has 21 heavy (non-hydrogen) atoms. The lowest BCUT2D eigenvalue weighted by Crippen LogP contribution is -2.42. The van der Waals surface area contributed by atoms with Crippen molar-refractivity contribution in [3.05, 3.63) is 29.8 Å². The summed E-state index contributed by atoms with van der Waals surface area (Å²) in [5.41, 5.74) is 6.29. The number of nitrogens with two attached hydrogens (primary N) is 1. The van der Waals surface area contributed by atoms with Crippen LogP contribution in [-0.2, 0) is 9.53 Å². The largest absolute Gasteiger partial charge is 0.483 e. The first kappa shape index (κ1) is 15.7. The molecule has 114 valence electrons. The molecule has 0 aromatic heterocycles. The highest BCUT2D eigenvalue weighted by atomic mass is 32.1. The van der Waals surface area contributed by atoms with Crippen molar-refractivity contribution >= 4 is 23.1 Å². The van der Waals surface area contributed by atoms with Crippen molar-refractivity contribution in [3.8, 4) is 5.75 Å². The van der Waals surface area contributed by atoms with Crippen molar-refractivity contribution in [1.82, 2.24) is 4.90 Å². The maximum Gasteiger partial charge on any atom is 0.260 e. The van der Waals surface area contributed by atoms with E-state index in [1.807, 2.05) is 12.1 Å². The van der Waals surface area contributed by atoms with Crippen molar-refractivity contribution in [1.29, 1.82) is 0 Å². The second-order valence-corrected chi connectivity index (χ2v) is 5.44. The van der Waals surface area contributed by atoms with Crippen LogP contribution in [0.4, 0.5) is 0 Å². The predicted octanol–water partition coefficient (Wildman–Crippen LogP) is 1.34. The molecule has 5 nitrogen and oxygen atoms in total. The molecule has 2 rings (SSSR count). The lowest BCUT2D eigenvalue weighted by Gasteiger charge is -2.31. The number of benzene rings is 1. The van der Waals surface area contributed by atoms with Crippen molar-refractivity contribution < 1.29 is 14.3 Å². The van der Waals surface area contributed by atoms with Crippen LogP contribution < -0.4 is 10.5 Å². The Morgan fingerprint density at radius 2 is 2.10 bits per heavy atom. The molecule has 0 spiro atoms. The van der Waals surface area contributed by atoms with E-state index in [2.05, 4.69) is 0 Å². The molecule has 0 bridgehead atoms. The van der Waals surface area contributed by atoms with Gasteiger partial charge in [-0.2, -0.15) is 0 Å². The van der Waals surface area contributed by atoms with Gasteiger partial charge in [0.15, 0.2) is 6.61 Å². The summed E-state index contributed by atoms with van der Waals surface area (Å²) in [5.74, 6) is 0.485. The summed E-state index contributed by atoms with van der Waals surface area (Å²) in [6.07, 6.45) is 1.73. The smallest absolute Gasteiger partial charge is 0.260 e. The van der Waals surface area contributed by atoms with Gasteiger partial charge in [-0.1, -0.05) is 24.4 Å². The Hall–Kier alpha value is -1.66. The molecule has 1 aromatic rings. The Balaban J connectivity index is 1.93. The second-order valence-electron chi connectivity index (χ2n) is 5.00. The van der Waals surface area contributed by atoms with E-state index < -0.39 is 0 Å². The van der Waals surface area contributed by atoms with E-state index in [4.69, 9.17) is 27.4 Å². The van der Waals surface area contributed by atoms with Crippen molar-refractivity contribution in [2.24, 2.45) is 5.73 Å². The molecule has 0 saturated carbocycles. The summed E-state index contributed by atoms with van der Waals surface area (Å²) < 4.78 is 10.9. The van der Waals surface area contributed by atoms with Crippen molar-refractivity contribution in [2.45, 2.75) is 18.9 Å². The van der Waals surface area contributed by atoms with Gasteiger partial charge in [-0.15, -0.1) is 0 Å². The average molecular weight is 308 g/mol. The number of thiocarbonyl (C=S) groups is 1. The van der Waals surface area contributed by atoms with Crippen LogP contribution in [0.25, 0.3) is 0 Å². The lowest BCUT2D eigenvalue weighted by atomic mass is 10.1. The van der Waals surface area contributed by atoms with E-state index in [0.29, 0.717) is 24.5 Å². The van der Waals surface area contributed by atoms with Gasteiger partial charge in [-0.05, 0) is 25.0 Å². The van der Waals surface area contributed by atoms with E-state index in [-0.39, 0.29) is 23.5 Å². The molecule has 6 heteroatoms. The summed E-state index contributed by atoms with van der Waals surface area (Å²) in [6.45, 7) is 1.38. The highest BCUT2D eigenvalue weighted by Crippen LogP contribution is 2.18. The van der Waals surface area contributed by atoms with Crippen LogP contribution in [0.1, 0.15) is 18.4 Å². The first-order chi connectivity index (χ1) is 10.1. The fraction of sp³-hybridized carbons (Fsp3) is 0.467. The topological polar surface area (TPSA) is 64.8 Å². The Labute approximate surface area is 130 Å². The molecule has 0 unspecified atom stereocenters. The third-order valence-corrected chi connectivity index (χ3v) is 3.86. The van der Waals surface area contributed by atoms with Gasteiger partial charge in [0.25, 0.3) is 5.91 Å². The third-order valence-electron chi connectivity index (χ3n) is 3.64. The van der Waals surface area contributed by atoms with E-state index in [1.54, 1.807) is 24.1 Å². The molecule has 1 aliphatic heterocycles. The third kappa shape index (κ3) is 4.15. The molecule has 0 radical (unpaired) electrons. The molecule has 1 aromatic carbocycles. The number of hydrogen-bond acceptors (Lipinski definition) is 4. The van der Waals surface area contributed by atoms with Crippen molar-refractivity contribution in [3.63, 3.8) is 0 Å². The number of likely N-dealkylation sites (N-methyl/N-ethyl adjacent to an activating group) is 1. The number of hydrogen-bond donors (Lipinski definition) is 1. The summed E-state index contributed by atoms with van der Waals surface area (Å²) >= 11 is 4.97. The highest BCUT2D eigenvalue weighted by molar-refractivity contribution is 7.80. The zero-order chi connectivity index (χ0) is 15.2. The predicted molar refractivity (Wildman–Crippen MR) is 84.4 cm³/mol. The van der Waals surface area contributed by atoms with Gasteiger partial charge in [-0.25, -0.2) is 0 Å². The van der Waals surface area contributed by atoms with E-state index in [1.165, 1.54) is 0 Å². The van der Waals surface area contributed by atoms with Crippen LogP contribution in [0.2, 0.25) is 0 Å². The molecule has 1 aliphatic rings. The van der Waals surface area contributed by atoms with E-state index in [9.17, 15) is 4.79 Å². The fourth-order valence-corrected chi connectivity index (χ4v) is 2.48. The van der Waals surface area contributed by atoms with Crippen LogP contribution in [-0.4, -0.2) is 48.7 Å². The maximum absolute atomic E-state index is 12.2. The van der Waals surface area contributed by atoms with E-state index in [0.717, 1.165) is 12.8 Å². The first-order valence-electron chi connectivity index (χ1n) is 6.94. The van der Waals surface area contributed by atoms with Gasteiger partial charge in [0, 0.05) is 26.3 Å². The average Bonchev–Trinajstić information content (AvgIpc) is 2.52. The van der Waals surface area contributed by atoms with Gasteiger partial charge >= 0.3 is 0 Å². The molecule has 1 amide bonds. The fourth-order valence-electron chi connectivity index (χ4n) is 2.31. The molecule has 0 aliphatic carbocycles. The molecule has 1 saturated heterocycles. The van der Waals surface area contributed by atoms with Gasteiger partial charge < -0.3 is 20.1 Å². The maximum atomic E-state index is 12.2. The minimum atomic E-state index is -0.0559. The monoisotopic (exact) mass is 308 g/mol. The number of carbonyl (C=O) groups is 1. The van der Waals surface area contributed by atoms with Gasteiger partial charge in [-0.3, -0.25) is 4.79 Å². The molecular weight excluding hydrogens is 288 g/mol. The molecule has 1 heterocycles. The summed E-state index contributed by atoms with van der Waals surface area (Å²) in [5, 5.41) is 0. The number of ether oxygens (including phenoxy) is 2. The molecule has 2 N–H and O–H groups in total. The molecule has 0 atom stereocenters. The Bertz CT molecular complexity index is 515. The number of nitrogens with zero attached hydrogens (tertiary/aromatic N) is 1. The van der Waals surface area contributed by atoms with E-state index >= 15 is 0 Å². The van der Waals surface area contributed by atoms with Crippen LogP contribution in [0.15, 0.2) is 24.3 Å². The number of rotatable bonds is 5. The van der Waals surface area contributed by atoms with Gasteiger partial charge in [0.1, 0.15) is 10.7 Å². The van der Waals surface area contributed by atoms with Gasteiger partial charge in [0.05, 0.1) is 5.56 Å². The molecular formula is C15H20N2O3S. The number of para-hydroxylation sites is 1. The summed E-state index contributed by atoms with van der Waals surface area (Å²) in [7, 11) is 1.81. The van der Waals surface area contributed by atoms with Crippen molar-refractivity contribution in [2.75, 3.05) is 26.9 Å². The first-order valence-corrected chi connectivity index (χ1v) is 7.35. The minimum absolute atomic E-state index is 0.0204. The summed E-state index contributed by atoms with van der Waals surface area (Å²) in [6, 6.07) is 7.42. The number of carbonyl (C=O) groups excluding carboxylic acids is 1. The van der Waals surface area contributed by atoms with Crippen LogP contribution in [0.3, 0.4) is 0 Å².